The summed E-state index contributed by atoms with van der Waals surface area (Å²) in [4.78, 5) is 3.69. The van der Waals surface area contributed by atoms with Gasteiger partial charge in [-0.2, -0.15) is 0 Å². The van der Waals surface area contributed by atoms with E-state index in [0.717, 1.165) is 27.8 Å². The van der Waals surface area contributed by atoms with Crippen LogP contribution in [-0.2, 0) is 6.54 Å². The molecule has 2 nitrogen and oxygen atoms in total. The van der Waals surface area contributed by atoms with E-state index < -0.39 is 0 Å². The van der Waals surface area contributed by atoms with Crippen LogP contribution in [0.25, 0.3) is 0 Å². The second-order valence-corrected chi connectivity index (χ2v) is 6.98. The molecule has 1 fully saturated rings. The molecule has 1 aliphatic heterocycles. The number of thiophene rings is 1. The Bertz CT molecular complexity index is 336. The molecule has 0 aromatic carbocycles. The molecule has 1 N–H and O–H groups in total. The van der Waals surface area contributed by atoms with E-state index in [-0.39, 0.29) is 0 Å². The molecule has 0 bridgehead atoms. The first-order chi connectivity index (χ1) is 7.65. The zero-order valence-corrected chi connectivity index (χ0v) is 12.5. The normalized spacial score (nSPS) is 21.8. The molecule has 5 heteroatoms. The fourth-order valence-corrected chi connectivity index (χ4v) is 3.83. The molecule has 16 heavy (non-hydrogen) atoms. The molecule has 0 radical (unpaired) electrons. The molecular formula is C11H16BrClN2S. The number of hydrogen-bond donors (Lipinski definition) is 1. The highest BCUT2D eigenvalue weighted by molar-refractivity contribution is 9.10. The second kappa shape index (κ2) is 5.83. The zero-order chi connectivity index (χ0) is 11.5. The van der Waals surface area contributed by atoms with Gasteiger partial charge in [-0.05, 0) is 54.5 Å². The summed E-state index contributed by atoms with van der Waals surface area (Å²) in [6.07, 6.45) is 1.32. The van der Waals surface area contributed by atoms with Crippen molar-refractivity contribution >= 4 is 38.9 Å². The van der Waals surface area contributed by atoms with E-state index in [4.69, 9.17) is 11.6 Å². The van der Waals surface area contributed by atoms with Crippen LogP contribution in [0.3, 0.4) is 0 Å². The molecule has 1 atom stereocenters. The number of nitrogens with zero attached hydrogens (tertiary/aromatic N) is 1. The molecule has 0 spiro atoms. The quantitative estimate of drug-likeness (QED) is 0.915. The van der Waals surface area contributed by atoms with Crippen LogP contribution in [0.2, 0.25) is 4.34 Å². The van der Waals surface area contributed by atoms with Crippen LogP contribution in [0.5, 0.6) is 0 Å². The predicted octanol–water partition coefficient (Wildman–Crippen LogP) is 3.21. The molecule has 2 rings (SSSR count). The summed E-state index contributed by atoms with van der Waals surface area (Å²) in [5.41, 5.74) is 0. The lowest BCUT2D eigenvalue weighted by molar-refractivity contribution is 0.388. The van der Waals surface area contributed by atoms with Crippen LogP contribution in [-0.4, -0.2) is 31.6 Å². The van der Waals surface area contributed by atoms with Crippen molar-refractivity contribution in [3.05, 3.63) is 19.8 Å². The van der Waals surface area contributed by atoms with Crippen molar-refractivity contribution in [1.82, 2.24) is 10.2 Å². The second-order valence-electron chi connectivity index (χ2n) is 4.38. The van der Waals surface area contributed by atoms with Crippen molar-refractivity contribution in [2.45, 2.75) is 13.0 Å². The summed E-state index contributed by atoms with van der Waals surface area (Å²) in [7, 11) is 2.19. The minimum Gasteiger partial charge on any atom is -0.312 e. The highest BCUT2D eigenvalue weighted by Crippen LogP contribution is 2.31. The molecular weight excluding hydrogens is 308 g/mol. The highest BCUT2D eigenvalue weighted by atomic mass is 79.9. The minimum absolute atomic E-state index is 0.809. The molecule has 0 aliphatic carbocycles. The third-order valence-electron chi connectivity index (χ3n) is 2.92. The molecule has 2 heterocycles. The summed E-state index contributed by atoms with van der Waals surface area (Å²) in [5, 5.41) is 3.51. The van der Waals surface area contributed by atoms with Gasteiger partial charge in [-0.3, -0.25) is 0 Å². The van der Waals surface area contributed by atoms with Gasteiger partial charge in [0.05, 0.1) is 0 Å². The van der Waals surface area contributed by atoms with E-state index in [1.54, 1.807) is 11.3 Å². The molecule has 1 aliphatic rings. The summed E-state index contributed by atoms with van der Waals surface area (Å²) in [6, 6.07) is 2.10. The van der Waals surface area contributed by atoms with Gasteiger partial charge in [-0.1, -0.05) is 11.6 Å². The first-order valence-corrected chi connectivity index (χ1v) is 7.47. The Hall–Kier alpha value is 0.390. The Morgan fingerprint density at radius 1 is 1.69 bits per heavy atom. The van der Waals surface area contributed by atoms with E-state index in [9.17, 15) is 0 Å². The van der Waals surface area contributed by atoms with E-state index in [0.29, 0.717) is 0 Å². The first-order valence-electron chi connectivity index (χ1n) is 5.48. The van der Waals surface area contributed by atoms with E-state index in [1.807, 2.05) is 0 Å². The minimum atomic E-state index is 0.809. The van der Waals surface area contributed by atoms with Crippen molar-refractivity contribution < 1.29 is 0 Å². The number of halogens is 2. The lowest BCUT2D eigenvalue weighted by Gasteiger charge is -2.10. The van der Waals surface area contributed by atoms with Crippen molar-refractivity contribution in [2.75, 3.05) is 26.7 Å². The Morgan fingerprint density at radius 3 is 3.06 bits per heavy atom. The lowest BCUT2D eigenvalue weighted by atomic mass is 10.1. The topological polar surface area (TPSA) is 15.3 Å². The molecule has 1 saturated heterocycles. The average molecular weight is 324 g/mol. The van der Waals surface area contributed by atoms with Gasteiger partial charge in [-0.15, -0.1) is 11.3 Å². The summed E-state index contributed by atoms with van der Waals surface area (Å²) < 4.78 is 1.86. The van der Waals surface area contributed by atoms with Crippen molar-refractivity contribution in [1.29, 1.82) is 0 Å². The van der Waals surface area contributed by atoms with Gasteiger partial charge in [0, 0.05) is 22.4 Å². The van der Waals surface area contributed by atoms with Crippen LogP contribution in [0.15, 0.2) is 10.5 Å². The van der Waals surface area contributed by atoms with E-state index in [1.165, 1.54) is 24.4 Å². The number of nitrogens with one attached hydrogen (secondary N) is 1. The first kappa shape index (κ1) is 12.8. The maximum Gasteiger partial charge on any atom is 0.107 e. The number of hydrogen-bond acceptors (Lipinski definition) is 3. The molecule has 1 unspecified atom stereocenters. The smallest absolute Gasteiger partial charge is 0.107 e. The van der Waals surface area contributed by atoms with Gasteiger partial charge in [0.1, 0.15) is 4.34 Å². The molecule has 0 saturated carbocycles. The van der Waals surface area contributed by atoms with Gasteiger partial charge < -0.3 is 10.2 Å². The van der Waals surface area contributed by atoms with Gasteiger partial charge >= 0.3 is 0 Å². The predicted molar refractivity (Wildman–Crippen MR) is 74.3 cm³/mol. The average Bonchev–Trinajstić information content (AvgIpc) is 2.75. The third-order valence-corrected chi connectivity index (χ3v) is 5.39. The van der Waals surface area contributed by atoms with Gasteiger partial charge in [-0.25, -0.2) is 0 Å². The Morgan fingerprint density at radius 2 is 2.50 bits per heavy atom. The van der Waals surface area contributed by atoms with Gasteiger partial charge in [0.2, 0.25) is 0 Å². The Labute approximate surface area is 114 Å². The summed E-state index contributed by atoms with van der Waals surface area (Å²) >= 11 is 11.1. The lowest BCUT2D eigenvalue weighted by Crippen LogP contribution is -2.24. The fourth-order valence-electron chi connectivity index (χ4n) is 2.07. The largest absolute Gasteiger partial charge is 0.312 e. The number of rotatable bonds is 4. The van der Waals surface area contributed by atoms with Crippen LogP contribution in [0, 0.1) is 5.92 Å². The fraction of sp³-hybridized carbons (Fsp3) is 0.636. The molecule has 0 amide bonds. The number of likely N-dealkylation sites (tertiary alicyclic amines) is 1. The highest BCUT2D eigenvalue weighted by Gasteiger charge is 2.18. The van der Waals surface area contributed by atoms with Crippen LogP contribution in [0.4, 0.5) is 0 Å². The van der Waals surface area contributed by atoms with Gasteiger partial charge in [0.15, 0.2) is 0 Å². The SMILES string of the molecule is CN1CCC(CNCc2cc(Br)c(Cl)s2)C1. The Kier molecular flexibility index (Phi) is 4.67. The zero-order valence-electron chi connectivity index (χ0n) is 9.30. The molecule has 1 aromatic heterocycles. The van der Waals surface area contributed by atoms with Crippen LogP contribution < -0.4 is 5.32 Å². The van der Waals surface area contributed by atoms with Crippen molar-refractivity contribution in [3.8, 4) is 0 Å². The van der Waals surface area contributed by atoms with Crippen LogP contribution >= 0.6 is 38.9 Å². The monoisotopic (exact) mass is 322 g/mol. The third kappa shape index (κ3) is 3.44. The molecule has 90 valence electrons. The van der Waals surface area contributed by atoms with Crippen molar-refractivity contribution in [3.63, 3.8) is 0 Å². The molecule has 1 aromatic rings. The maximum atomic E-state index is 5.99. The Balaban J connectivity index is 1.72. The summed E-state index contributed by atoms with van der Waals surface area (Å²) in [5.74, 6) is 0.809. The van der Waals surface area contributed by atoms with Crippen LogP contribution in [0.1, 0.15) is 11.3 Å². The van der Waals surface area contributed by atoms with E-state index in [2.05, 4.69) is 39.3 Å². The van der Waals surface area contributed by atoms with E-state index >= 15 is 0 Å². The van der Waals surface area contributed by atoms with Crippen molar-refractivity contribution in [2.24, 2.45) is 5.92 Å². The maximum absolute atomic E-state index is 5.99. The standard InChI is InChI=1S/C11H16BrClN2S/c1-15-3-2-8(7-15)5-14-6-9-4-10(12)11(13)16-9/h4,8,14H,2-3,5-7H2,1H3. The van der Waals surface area contributed by atoms with Gasteiger partial charge in [0.25, 0.3) is 0 Å². The summed E-state index contributed by atoms with van der Waals surface area (Å²) in [6.45, 7) is 4.50.